The Balaban J connectivity index is 1.40. The number of ketones is 2. The monoisotopic (exact) mass is 715 g/mol. The van der Waals surface area contributed by atoms with Crippen molar-refractivity contribution in [2.24, 2.45) is 44.3 Å². The van der Waals surface area contributed by atoms with Gasteiger partial charge in [-0.1, -0.05) is 60.6 Å². The molecule has 0 aliphatic heterocycles. The number of rotatable bonds is 5. The van der Waals surface area contributed by atoms with E-state index in [1.807, 2.05) is 20.8 Å². The number of pyridine rings is 1. The van der Waals surface area contributed by atoms with Crippen LogP contribution in [0.3, 0.4) is 0 Å². The van der Waals surface area contributed by atoms with Crippen LogP contribution < -0.4 is 0 Å². The molecule has 3 saturated carbocycles. The molecule has 0 amide bonds. The molecule has 276 valence electrons. The molecule has 1 N–H and O–H groups in total. The van der Waals surface area contributed by atoms with Gasteiger partial charge in [-0.15, -0.1) is 0 Å². The zero-order chi connectivity index (χ0) is 38.3. The highest BCUT2D eigenvalue weighted by Crippen LogP contribution is 2.71. The molecular formula is C41H48F3N5O3. The molecule has 2 aromatic heterocycles. The summed E-state index contributed by atoms with van der Waals surface area (Å²) >= 11 is 0. The standard InChI is InChI=1S/C41H48F3N5O3/c1-35(2)13-15-40(34(52)49-23-29(47-24-49)28-9-8-10-32(48-28)41(42,43)44)16-14-37(5,20-26(40)19-35)39(7)12-11-30-36(3,4)33(51)25(21-45)18-38(30,6)31(39)17-27(50)22-46/h8-10,17-18,22-24,26,30,46H,11-16,19-20H2,1-7H3/b31-17-,46-22?/t26?,30?,37-,38+,39?,40+/m1/s1. The van der Waals surface area contributed by atoms with Crippen molar-refractivity contribution in [2.45, 2.75) is 106 Å². The molecule has 11 heteroatoms. The minimum absolute atomic E-state index is 0.0354. The van der Waals surface area contributed by atoms with Gasteiger partial charge in [-0.05, 0) is 103 Å². The Labute approximate surface area is 303 Å². The molecule has 0 saturated heterocycles. The summed E-state index contributed by atoms with van der Waals surface area (Å²) in [5.74, 6) is -0.964. The van der Waals surface area contributed by atoms with E-state index in [1.54, 1.807) is 12.2 Å². The summed E-state index contributed by atoms with van der Waals surface area (Å²) < 4.78 is 41.7. The fourth-order valence-electron chi connectivity index (χ4n) is 10.9. The van der Waals surface area contributed by atoms with E-state index in [4.69, 9.17) is 5.41 Å². The first kappa shape index (κ1) is 37.6. The number of hydrogen-bond donors (Lipinski definition) is 1. The second-order valence-electron chi connectivity index (χ2n) is 17.9. The van der Waals surface area contributed by atoms with Crippen LogP contribution in [-0.4, -0.2) is 38.2 Å². The molecule has 4 aliphatic rings. The average molecular weight is 716 g/mol. The number of aromatic nitrogens is 3. The first-order valence-electron chi connectivity index (χ1n) is 18.2. The van der Waals surface area contributed by atoms with E-state index in [-0.39, 0.29) is 45.9 Å². The highest BCUT2D eigenvalue weighted by molar-refractivity contribution is 6.31. The van der Waals surface area contributed by atoms with Crippen LogP contribution in [0.4, 0.5) is 13.2 Å². The minimum atomic E-state index is -4.61. The molecule has 2 heterocycles. The lowest BCUT2D eigenvalue weighted by Gasteiger charge is -2.65. The van der Waals surface area contributed by atoms with E-state index in [9.17, 15) is 32.8 Å². The van der Waals surface area contributed by atoms with Gasteiger partial charge in [-0.25, -0.2) is 9.97 Å². The Morgan fingerprint density at radius 2 is 1.69 bits per heavy atom. The third kappa shape index (κ3) is 5.72. The van der Waals surface area contributed by atoms with Crippen molar-refractivity contribution < 1.29 is 27.6 Å². The lowest BCUT2D eigenvalue weighted by Crippen LogP contribution is -2.59. The Hall–Kier alpha value is -4.20. The Kier molecular flexibility index (Phi) is 8.79. The number of halogens is 3. The van der Waals surface area contributed by atoms with E-state index >= 15 is 0 Å². The van der Waals surface area contributed by atoms with E-state index in [0.29, 0.717) is 38.5 Å². The summed E-state index contributed by atoms with van der Waals surface area (Å²) in [4.78, 5) is 49.4. The first-order valence-corrected chi connectivity index (χ1v) is 18.2. The topological polar surface area (TPSA) is 130 Å². The molecule has 0 aromatic carbocycles. The number of carbonyl (C=O) groups is 3. The van der Waals surface area contributed by atoms with Gasteiger partial charge in [0.2, 0.25) is 5.91 Å². The number of carbonyl (C=O) groups excluding carboxylic acids is 3. The molecule has 0 spiro atoms. The van der Waals surface area contributed by atoms with Gasteiger partial charge >= 0.3 is 6.18 Å². The normalized spacial score (nSPS) is 34.8. The van der Waals surface area contributed by atoms with Gasteiger partial charge in [0.15, 0.2) is 11.6 Å². The van der Waals surface area contributed by atoms with Gasteiger partial charge in [0, 0.05) is 17.0 Å². The maximum Gasteiger partial charge on any atom is 0.433 e. The van der Waals surface area contributed by atoms with Crippen molar-refractivity contribution in [3.05, 3.63) is 59.7 Å². The second kappa shape index (κ2) is 12.2. The van der Waals surface area contributed by atoms with Crippen LogP contribution in [-0.2, 0) is 15.8 Å². The van der Waals surface area contributed by atoms with Gasteiger partial charge in [-0.2, -0.15) is 18.4 Å². The third-order valence-corrected chi connectivity index (χ3v) is 14.1. The highest BCUT2D eigenvalue weighted by atomic mass is 19.4. The molecule has 6 atom stereocenters. The van der Waals surface area contributed by atoms with Gasteiger partial charge < -0.3 is 5.41 Å². The lowest BCUT2D eigenvalue weighted by molar-refractivity contribution is -0.141. The number of Topliss-reactive ketones (excluding diaryl/α,β-unsaturated/α-hetero) is 1. The molecule has 52 heavy (non-hydrogen) atoms. The molecule has 0 bridgehead atoms. The summed E-state index contributed by atoms with van der Waals surface area (Å²) in [5.41, 5.74) is -3.24. The smallest absolute Gasteiger partial charge is 0.305 e. The number of alkyl halides is 3. The van der Waals surface area contributed by atoms with Crippen LogP contribution >= 0.6 is 0 Å². The van der Waals surface area contributed by atoms with E-state index in [0.717, 1.165) is 30.7 Å². The first-order chi connectivity index (χ1) is 24.1. The molecule has 8 nitrogen and oxygen atoms in total. The summed E-state index contributed by atoms with van der Waals surface area (Å²) in [6.07, 6.45) is 8.02. The number of nitrogens with one attached hydrogen (secondary N) is 1. The Morgan fingerprint density at radius 3 is 2.35 bits per heavy atom. The molecule has 6 rings (SSSR count). The van der Waals surface area contributed by atoms with Crippen LogP contribution in [0.15, 0.2) is 54.0 Å². The Bertz CT molecular complexity index is 1970. The minimum Gasteiger partial charge on any atom is -0.305 e. The summed E-state index contributed by atoms with van der Waals surface area (Å²) in [5, 5.41) is 17.9. The van der Waals surface area contributed by atoms with Crippen molar-refractivity contribution in [1.82, 2.24) is 14.5 Å². The number of allylic oxidation sites excluding steroid dienone is 4. The maximum absolute atomic E-state index is 14.7. The molecule has 3 unspecified atom stereocenters. The summed E-state index contributed by atoms with van der Waals surface area (Å²) in [6, 6.07) is 5.76. The lowest BCUT2D eigenvalue weighted by atomic mass is 9.38. The summed E-state index contributed by atoms with van der Waals surface area (Å²) in [6.45, 7) is 14.7. The molecule has 0 radical (unpaired) electrons. The predicted molar refractivity (Wildman–Crippen MR) is 190 cm³/mol. The van der Waals surface area contributed by atoms with E-state index in [1.165, 1.54) is 29.2 Å². The fraction of sp³-hybridized carbons (Fsp3) is 0.585. The number of fused-ring (bicyclic) bond motifs is 2. The quantitative estimate of drug-likeness (QED) is 0.243. The SMILES string of the molecule is CC1(C)CC[C@]2(C(=O)n3cnc(-c4cccc(C(F)(F)F)n4)c3)CC[C@@](C)(C3(C)CCC4C(C)(C)C(=O)C(C#N)=C[C@]4(C)/C3=C/C(=O)C=N)CC2C1. The van der Waals surface area contributed by atoms with Crippen molar-refractivity contribution in [3.8, 4) is 17.5 Å². The third-order valence-electron chi connectivity index (χ3n) is 14.1. The van der Waals surface area contributed by atoms with E-state index in [2.05, 4.69) is 43.7 Å². The van der Waals surface area contributed by atoms with Crippen molar-refractivity contribution in [2.75, 3.05) is 0 Å². The van der Waals surface area contributed by atoms with Crippen molar-refractivity contribution in [3.63, 3.8) is 0 Å². The van der Waals surface area contributed by atoms with Gasteiger partial charge in [-0.3, -0.25) is 19.0 Å². The van der Waals surface area contributed by atoms with Gasteiger partial charge in [0.05, 0.1) is 22.9 Å². The molecular weight excluding hydrogens is 667 g/mol. The highest BCUT2D eigenvalue weighted by Gasteiger charge is 2.65. The molecule has 2 aromatic rings. The second-order valence-corrected chi connectivity index (χ2v) is 17.9. The number of nitriles is 1. The van der Waals surface area contributed by atoms with Crippen LogP contribution in [0.5, 0.6) is 0 Å². The number of hydrogen-bond acceptors (Lipinski definition) is 7. The number of imidazole rings is 1. The van der Waals surface area contributed by atoms with Gasteiger partial charge in [0.1, 0.15) is 23.8 Å². The Morgan fingerprint density at radius 1 is 1.00 bits per heavy atom. The zero-order valence-corrected chi connectivity index (χ0v) is 31.1. The molecule has 3 fully saturated rings. The van der Waals surface area contributed by atoms with Crippen LogP contribution in [0.1, 0.15) is 110 Å². The summed E-state index contributed by atoms with van der Waals surface area (Å²) in [7, 11) is 0. The van der Waals surface area contributed by atoms with Crippen LogP contribution in [0.25, 0.3) is 11.4 Å². The van der Waals surface area contributed by atoms with Crippen LogP contribution in [0, 0.1) is 61.1 Å². The van der Waals surface area contributed by atoms with Crippen molar-refractivity contribution >= 4 is 23.7 Å². The zero-order valence-electron chi connectivity index (χ0n) is 31.1. The largest absolute Gasteiger partial charge is 0.433 e. The maximum atomic E-state index is 14.7. The fourth-order valence-corrected chi connectivity index (χ4v) is 10.9. The number of nitrogens with zero attached hydrogens (tertiary/aromatic N) is 4. The average Bonchev–Trinajstić information content (AvgIpc) is 3.57. The van der Waals surface area contributed by atoms with Crippen molar-refractivity contribution in [1.29, 1.82) is 10.7 Å². The van der Waals surface area contributed by atoms with Crippen LogP contribution in [0.2, 0.25) is 0 Å². The van der Waals surface area contributed by atoms with E-state index < -0.39 is 44.7 Å². The van der Waals surface area contributed by atoms with Gasteiger partial charge in [0.25, 0.3) is 0 Å². The molecule has 4 aliphatic carbocycles. The predicted octanol–water partition coefficient (Wildman–Crippen LogP) is 9.23.